The van der Waals surface area contributed by atoms with Crippen molar-refractivity contribution in [3.63, 3.8) is 0 Å². The van der Waals surface area contributed by atoms with Crippen molar-refractivity contribution in [2.45, 2.75) is 33.8 Å². The topological polar surface area (TPSA) is 61.8 Å². The summed E-state index contributed by atoms with van der Waals surface area (Å²) in [4.78, 5) is 10.7. The molecule has 90 valence electrons. The monoisotopic (exact) mass is 238 g/mol. The molecule has 0 unspecified atom stereocenters. The van der Waals surface area contributed by atoms with Gasteiger partial charge in [-0.1, -0.05) is 0 Å². The maximum Gasteiger partial charge on any atom is 0.334 e. The Morgan fingerprint density at radius 3 is 2.07 bits per heavy atom. The molecule has 0 spiro atoms. The van der Waals surface area contributed by atoms with Gasteiger partial charge >= 0.3 is 13.6 Å². The Bertz CT molecular complexity index is 231. The number of esters is 1. The van der Waals surface area contributed by atoms with E-state index in [-0.39, 0.29) is 6.16 Å². The zero-order valence-electron chi connectivity index (χ0n) is 9.69. The molecule has 0 saturated heterocycles. The predicted molar refractivity (Wildman–Crippen MR) is 57.0 cm³/mol. The molecule has 1 atom stereocenters. The van der Waals surface area contributed by atoms with Crippen molar-refractivity contribution >= 4 is 13.6 Å². The predicted octanol–water partition coefficient (Wildman–Crippen LogP) is 2.20. The number of hydrogen-bond donors (Lipinski definition) is 0. The summed E-state index contributed by atoms with van der Waals surface area (Å²) in [6.45, 7) is 7.06. The molecule has 0 heterocycles. The van der Waals surface area contributed by atoms with E-state index in [1.54, 1.807) is 20.8 Å². The zero-order valence-corrected chi connectivity index (χ0v) is 10.6. The molecule has 0 aromatic rings. The van der Waals surface area contributed by atoms with Crippen LogP contribution in [0.1, 0.15) is 27.7 Å². The Labute approximate surface area is 90.6 Å². The quantitative estimate of drug-likeness (QED) is 0.502. The van der Waals surface area contributed by atoms with E-state index in [9.17, 15) is 9.36 Å². The first-order valence-electron chi connectivity index (χ1n) is 4.99. The summed E-state index contributed by atoms with van der Waals surface area (Å²) in [5, 5.41) is 0. The minimum absolute atomic E-state index is 0.0915. The third-order valence-electron chi connectivity index (χ3n) is 1.50. The lowest BCUT2D eigenvalue weighted by Gasteiger charge is -2.20. The Balaban J connectivity index is 4.27. The van der Waals surface area contributed by atoms with Crippen LogP contribution in [0.25, 0.3) is 0 Å². The first-order chi connectivity index (χ1) is 6.93. The van der Waals surface area contributed by atoms with Crippen molar-refractivity contribution in [2.75, 3.05) is 19.4 Å². The Morgan fingerprint density at radius 2 is 1.73 bits per heavy atom. The largest absolute Gasteiger partial charge is 0.462 e. The maximum atomic E-state index is 12.0. The number of hydrogen-bond acceptors (Lipinski definition) is 5. The number of carbonyl (C=O) groups excluding carboxylic acids is 1. The first-order valence-corrected chi connectivity index (χ1v) is 6.71. The van der Waals surface area contributed by atoms with Gasteiger partial charge in [0.15, 0.2) is 0 Å². The number of rotatable bonds is 7. The Kier molecular flexibility index (Phi) is 6.81. The SMILES string of the molecule is CCOP(=O)(C[C@H](C)OC(C)=O)OCC. The second-order valence-electron chi connectivity index (χ2n) is 3.05. The molecule has 0 aromatic heterocycles. The van der Waals surface area contributed by atoms with Gasteiger partial charge in [0.25, 0.3) is 0 Å². The molecule has 15 heavy (non-hydrogen) atoms. The molecule has 0 radical (unpaired) electrons. The average molecular weight is 238 g/mol. The Morgan fingerprint density at radius 1 is 1.27 bits per heavy atom. The van der Waals surface area contributed by atoms with E-state index in [1.165, 1.54) is 6.92 Å². The van der Waals surface area contributed by atoms with Gasteiger partial charge < -0.3 is 13.8 Å². The standard InChI is InChI=1S/C9H19O5P/c1-5-12-15(11,13-6-2)7-8(3)14-9(4)10/h8H,5-7H2,1-4H3/t8-/m0/s1. The van der Waals surface area contributed by atoms with Crippen LogP contribution in [0, 0.1) is 0 Å². The van der Waals surface area contributed by atoms with Crippen LogP contribution in [-0.4, -0.2) is 31.4 Å². The van der Waals surface area contributed by atoms with Crippen molar-refractivity contribution in [1.29, 1.82) is 0 Å². The van der Waals surface area contributed by atoms with Crippen molar-refractivity contribution in [2.24, 2.45) is 0 Å². The summed E-state index contributed by atoms with van der Waals surface area (Å²) in [6.07, 6.45) is -0.375. The molecule has 0 aliphatic rings. The fourth-order valence-corrected chi connectivity index (χ4v) is 2.95. The van der Waals surface area contributed by atoms with Crippen LogP contribution < -0.4 is 0 Å². The second-order valence-corrected chi connectivity index (χ2v) is 5.15. The molecule has 6 heteroatoms. The Hall–Kier alpha value is -0.380. The third-order valence-corrected chi connectivity index (χ3v) is 3.76. The van der Waals surface area contributed by atoms with Crippen LogP contribution in [-0.2, 0) is 23.1 Å². The summed E-state index contributed by atoms with van der Waals surface area (Å²) in [6, 6.07) is 0. The zero-order chi connectivity index (χ0) is 11.9. The van der Waals surface area contributed by atoms with E-state index in [2.05, 4.69) is 0 Å². The van der Waals surface area contributed by atoms with E-state index in [4.69, 9.17) is 13.8 Å². The molecule has 0 aliphatic carbocycles. The summed E-state index contributed by atoms with van der Waals surface area (Å²) in [7, 11) is -3.11. The normalized spacial score (nSPS) is 13.6. The highest BCUT2D eigenvalue weighted by atomic mass is 31.2. The lowest BCUT2D eigenvalue weighted by molar-refractivity contribution is -0.144. The van der Waals surface area contributed by atoms with Gasteiger partial charge in [-0.2, -0.15) is 0 Å². The fourth-order valence-electron chi connectivity index (χ4n) is 1.17. The van der Waals surface area contributed by atoms with E-state index in [0.29, 0.717) is 13.2 Å². The van der Waals surface area contributed by atoms with E-state index in [0.717, 1.165) is 0 Å². The van der Waals surface area contributed by atoms with Crippen molar-refractivity contribution in [3.05, 3.63) is 0 Å². The van der Waals surface area contributed by atoms with Gasteiger partial charge in [-0.3, -0.25) is 9.36 Å². The molecule has 0 fully saturated rings. The average Bonchev–Trinajstić information content (AvgIpc) is 2.01. The van der Waals surface area contributed by atoms with Crippen LogP contribution in [0.2, 0.25) is 0 Å². The molecular weight excluding hydrogens is 219 g/mol. The first kappa shape index (κ1) is 14.6. The van der Waals surface area contributed by atoms with E-state index in [1.807, 2.05) is 0 Å². The van der Waals surface area contributed by atoms with E-state index >= 15 is 0 Å². The highest BCUT2D eigenvalue weighted by molar-refractivity contribution is 7.53. The molecule has 0 bridgehead atoms. The summed E-state index contributed by atoms with van der Waals surface area (Å²) >= 11 is 0. The highest BCUT2D eigenvalue weighted by Gasteiger charge is 2.27. The van der Waals surface area contributed by atoms with Crippen LogP contribution >= 0.6 is 7.60 Å². The minimum Gasteiger partial charge on any atom is -0.462 e. The van der Waals surface area contributed by atoms with Gasteiger partial charge in [-0.15, -0.1) is 0 Å². The molecule has 0 rings (SSSR count). The van der Waals surface area contributed by atoms with E-state index < -0.39 is 19.7 Å². The van der Waals surface area contributed by atoms with Crippen LogP contribution in [0.4, 0.5) is 0 Å². The molecule has 0 saturated carbocycles. The van der Waals surface area contributed by atoms with Crippen molar-refractivity contribution in [3.8, 4) is 0 Å². The highest BCUT2D eigenvalue weighted by Crippen LogP contribution is 2.48. The maximum absolute atomic E-state index is 12.0. The second kappa shape index (κ2) is 6.99. The van der Waals surface area contributed by atoms with Gasteiger partial charge in [-0.05, 0) is 20.8 Å². The fraction of sp³-hybridized carbons (Fsp3) is 0.889. The summed E-state index contributed by atoms with van der Waals surface area (Å²) in [5.41, 5.74) is 0. The minimum atomic E-state index is -3.11. The van der Waals surface area contributed by atoms with Crippen LogP contribution in [0.3, 0.4) is 0 Å². The third kappa shape index (κ3) is 6.66. The van der Waals surface area contributed by atoms with Gasteiger partial charge in [0.2, 0.25) is 0 Å². The van der Waals surface area contributed by atoms with Crippen molar-refractivity contribution in [1.82, 2.24) is 0 Å². The lowest BCUT2D eigenvalue weighted by atomic mass is 10.5. The summed E-state index contributed by atoms with van der Waals surface area (Å²) < 4.78 is 27.0. The van der Waals surface area contributed by atoms with Crippen LogP contribution in [0.15, 0.2) is 0 Å². The van der Waals surface area contributed by atoms with Crippen LogP contribution in [0.5, 0.6) is 0 Å². The molecule has 0 N–H and O–H groups in total. The van der Waals surface area contributed by atoms with Gasteiger partial charge in [0, 0.05) is 6.92 Å². The molecule has 0 amide bonds. The smallest absolute Gasteiger partial charge is 0.334 e. The van der Waals surface area contributed by atoms with Gasteiger partial charge in [0.1, 0.15) is 6.10 Å². The van der Waals surface area contributed by atoms with Crippen molar-refractivity contribution < 1.29 is 23.1 Å². The molecular formula is C9H19O5P. The van der Waals surface area contributed by atoms with Gasteiger partial charge in [-0.25, -0.2) is 0 Å². The lowest BCUT2D eigenvalue weighted by Crippen LogP contribution is -2.18. The number of carbonyl (C=O) groups is 1. The molecule has 5 nitrogen and oxygen atoms in total. The molecule has 0 aliphatic heterocycles. The van der Waals surface area contributed by atoms with Gasteiger partial charge in [0.05, 0.1) is 19.4 Å². The number of ether oxygens (including phenoxy) is 1. The summed E-state index contributed by atoms with van der Waals surface area (Å²) in [5.74, 6) is -0.401. The molecule has 0 aromatic carbocycles.